The van der Waals surface area contributed by atoms with Gasteiger partial charge in [0, 0.05) is 0 Å². The minimum absolute atomic E-state index is 1.23. The van der Waals surface area contributed by atoms with Gasteiger partial charge in [-0.3, -0.25) is 0 Å². The molecule has 4 heteroatoms. The molecule has 0 rings (SSSR count). The van der Waals surface area contributed by atoms with Crippen LogP contribution in [0.25, 0.3) is 0 Å². The first-order chi connectivity index (χ1) is 5.21. The van der Waals surface area contributed by atoms with Crippen LogP contribution >= 0.6 is 22.2 Å². The molecule has 0 N–H and O–H groups in total. The number of hydrogen-bond acceptors (Lipinski definition) is 0. The van der Waals surface area contributed by atoms with Crippen LogP contribution in [0.5, 0.6) is 0 Å². The second-order valence-corrected chi connectivity index (χ2v) is 18.7. The lowest BCUT2D eigenvalue weighted by Gasteiger charge is -2.15. The Labute approximate surface area is 88.1 Å². The van der Waals surface area contributed by atoms with Gasteiger partial charge in [0.25, 0.3) is 0 Å². The van der Waals surface area contributed by atoms with E-state index in [4.69, 9.17) is 22.2 Å². The summed E-state index contributed by atoms with van der Waals surface area (Å²) in [6, 6.07) is 2.46. The molecule has 0 aliphatic rings. The summed E-state index contributed by atoms with van der Waals surface area (Å²) in [7, 11) is -2.62. The summed E-state index contributed by atoms with van der Waals surface area (Å²) in [5.74, 6) is 0. The molecule has 0 nitrogen and oxygen atoms in total. The maximum Gasteiger partial charge on any atom is 0.150 e. The van der Waals surface area contributed by atoms with Gasteiger partial charge in [-0.2, -0.15) is 22.2 Å². The van der Waals surface area contributed by atoms with Crippen molar-refractivity contribution in [3.63, 3.8) is 0 Å². The van der Waals surface area contributed by atoms with E-state index in [9.17, 15) is 0 Å². The summed E-state index contributed by atoms with van der Waals surface area (Å²) in [5.41, 5.74) is 0. The van der Waals surface area contributed by atoms with E-state index in [1.165, 1.54) is 24.9 Å². The van der Waals surface area contributed by atoms with Gasteiger partial charge in [-0.05, 0) is 12.1 Å². The lowest BCUT2D eigenvalue weighted by atomic mass is 10.4. The molecule has 0 aromatic carbocycles. The van der Waals surface area contributed by atoms with Gasteiger partial charge < -0.3 is 0 Å². The number of halogens is 2. The van der Waals surface area contributed by atoms with E-state index in [-0.39, 0.29) is 0 Å². The van der Waals surface area contributed by atoms with Crippen molar-refractivity contribution >= 4 is 36.9 Å². The molecule has 0 bridgehead atoms. The number of unbranched alkanes of at least 4 members (excludes halogenated alkanes) is 1. The Bertz CT molecular complexity index is 108. The third kappa shape index (κ3) is 11.0. The number of rotatable bonds is 5. The lowest BCUT2D eigenvalue weighted by Crippen LogP contribution is -2.18. The molecule has 0 radical (unpaired) electrons. The SMILES string of the molecule is C[Si](C)(Cl)CCCC[Si](C)(C)Cl. The summed E-state index contributed by atoms with van der Waals surface area (Å²) >= 11 is 12.4. The van der Waals surface area contributed by atoms with Crippen molar-refractivity contribution in [2.45, 2.75) is 51.1 Å². The van der Waals surface area contributed by atoms with Crippen LogP contribution in [0.4, 0.5) is 0 Å². The molecule has 0 aromatic heterocycles. The fraction of sp³-hybridized carbons (Fsp3) is 1.00. The monoisotopic (exact) mass is 242 g/mol. The van der Waals surface area contributed by atoms with E-state index < -0.39 is 14.8 Å². The predicted octanol–water partition coefficient (Wildman–Crippen LogP) is 4.65. The molecule has 0 fully saturated rings. The Morgan fingerprint density at radius 2 is 1.00 bits per heavy atom. The smallest absolute Gasteiger partial charge is 0.150 e. The summed E-state index contributed by atoms with van der Waals surface area (Å²) in [5, 5.41) is 0. The van der Waals surface area contributed by atoms with Crippen molar-refractivity contribution in [3.8, 4) is 0 Å². The highest BCUT2D eigenvalue weighted by Crippen LogP contribution is 2.22. The van der Waals surface area contributed by atoms with Crippen molar-refractivity contribution in [1.29, 1.82) is 0 Å². The van der Waals surface area contributed by atoms with Crippen molar-refractivity contribution in [1.82, 2.24) is 0 Å². The Hall–Kier alpha value is 1.01. The van der Waals surface area contributed by atoms with Crippen LogP contribution in [0.3, 0.4) is 0 Å². The van der Waals surface area contributed by atoms with Crippen LogP contribution in [-0.2, 0) is 0 Å². The topological polar surface area (TPSA) is 0 Å². The Morgan fingerprint density at radius 3 is 1.17 bits per heavy atom. The van der Waals surface area contributed by atoms with Crippen LogP contribution in [0, 0.1) is 0 Å². The first-order valence-corrected chi connectivity index (χ1v) is 13.0. The van der Waals surface area contributed by atoms with E-state index in [1.807, 2.05) is 0 Å². The minimum Gasteiger partial charge on any atom is -0.168 e. The third-order valence-corrected chi connectivity index (χ3v) is 6.01. The van der Waals surface area contributed by atoms with Gasteiger partial charge in [-0.15, -0.1) is 0 Å². The Kier molecular flexibility index (Phi) is 5.46. The van der Waals surface area contributed by atoms with E-state index in [1.54, 1.807) is 0 Å². The molecule has 0 amide bonds. The average molecular weight is 243 g/mol. The van der Waals surface area contributed by atoms with E-state index in [0.717, 1.165) is 0 Å². The van der Waals surface area contributed by atoms with Crippen molar-refractivity contribution in [2.24, 2.45) is 0 Å². The summed E-state index contributed by atoms with van der Waals surface area (Å²) in [4.78, 5) is 0. The Morgan fingerprint density at radius 1 is 0.750 bits per heavy atom. The molecule has 0 saturated carbocycles. The van der Waals surface area contributed by atoms with Gasteiger partial charge in [0.15, 0.2) is 0 Å². The quantitative estimate of drug-likeness (QED) is 0.374. The zero-order valence-electron chi connectivity index (χ0n) is 8.58. The predicted molar refractivity (Wildman–Crippen MR) is 65.5 cm³/mol. The maximum absolute atomic E-state index is 6.20. The first-order valence-electron chi connectivity index (χ1n) is 4.59. The van der Waals surface area contributed by atoms with Gasteiger partial charge in [0.05, 0.1) is 0 Å². The molecular formula is C8H20Cl2Si2. The summed E-state index contributed by atoms with van der Waals surface area (Å²) in [6.07, 6.45) is 2.54. The largest absolute Gasteiger partial charge is 0.168 e. The van der Waals surface area contributed by atoms with Gasteiger partial charge in [-0.25, -0.2) is 0 Å². The molecule has 0 spiro atoms. The minimum atomic E-state index is -1.31. The highest BCUT2D eigenvalue weighted by Gasteiger charge is 2.19. The van der Waals surface area contributed by atoms with Crippen molar-refractivity contribution in [3.05, 3.63) is 0 Å². The fourth-order valence-electron chi connectivity index (χ4n) is 1.09. The molecule has 0 unspecified atom stereocenters. The molecule has 0 aliphatic carbocycles. The normalized spacial score (nSPS) is 13.5. The molecular weight excluding hydrogens is 223 g/mol. The molecule has 0 atom stereocenters. The summed E-state index contributed by atoms with van der Waals surface area (Å²) < 4.78 is 0. The summed E-state index contributed by atoms with van der Waals surface area (Å²) in [6.45, 7) is 8.82. The van der Waals surface area contributed by atoms with Crippen molar-refractivity contribution < 1.29 is 0 Å². The van der Waals surface area contributed by atoms with Gasteiger partial charge in [0.1, 0.15) is 14.8 Å². The van der Waals surface area contributed by atoms with Gasteiger partial charge >= 0.3 is 0 Å². The van der Waals surface area contributed by atoms with Crippen LogP contribution in [0.2, 0.25) is 38.3 Å². The van der Waals surface area contributed by atoms with Crippen LogP contribution in [0.15, 0.2) is 0 Å². The first kappa shape index (κ1) is 13.0. The molecule has 0 saturated heterocycles. The molecule has 0 aromatic rings. The maximum atomic E-state index is 6.20. The average Bonchev–Trinajstić information content (AvgIpc) is 1.76. The lowest BCUT2D eigenvalue weighted by molar-refractivity contribution is 0.861. The highest BCUT2D eigenvalue weighted by molar-refractivity contribution is 7.19. The standard InChI is InChI=1S/C8H20Cl2Si2/c1-11(2,9)7-5-6-8-12(3,4)10/h5-8H2,1-4H3. The van der Waals surface area contributed by atoms with Crippen molar-refractivity contribution in [2.75, 3.05) is 0 Å². The third-order valence-electron chi connectivity index (χ3n) is 1.79. The van der Waals surface area contributed by atoms with E-state index in [0.29, 0.717) is 0 Å². The molecule has 0 aliphatic heterocycles. The van der Waals surface area contributed by atoms with Gasteiger partial charge in [-0.1, -0.05) is 39.0 Å². The zero-order chi connectivity index (χ0) is 9.83. The van der Waals surface area contributed by atoms with Gasteiger partial charge in [0.2, 0.25) is 0 Å². The Balaban J connectivity index is 3.35. The molecule has 0 heterocycles. The number of hydrogen-bond donors (Lipinski definition) is 0. The van der Waals surface area contributed by atoms with E-state index >= 15 is 0 Å². The highest BCUT2D eigenvalue weighted by atomic mass is 35.6. The van der Waals surface area contributed by atoms with Crippen LogP contribution in [-0.4, -0.2) is 14.8 Å². The second kappa shape index (κ2) is 5.03. The van der Waals surface area contributed by atoms with Crippen LogP contribution < -0.4 is 0 Å². The zero-order valence-corrected chi connectivity index (χ0v) is 12.1. The second-order valence-electron chi connectivity index (χ2n) is 4.64. The van der Waals surface area contributed by atoms with E-state index in [2.05, 4.69) is 26.2 Å². The fourth-order valence-corrected chi connectivity index (χ4v) is 4.07. The molecule has 12 heavy (non-hydrogen) atoms. The molecule has 74 valence electrons. The van der Waals surface area contributed by atoms with Crippen LogP contribution in [0.1, 0.15) is 12.8 Å².